The summed E-state index contributed by atoms with van der Waals surface area (Å²) in [4.78, 5) is 12.1. The van der Waals surface area contributed by atoms with E-state index in [2.05, 4.69) is 5.32 Å². The third kappa shape index (κ3) is 3.13. The summed E-state index contributed by atoms with van der Waals surface area (Å²) in [7, 11) is 0. The zero-order chi connectivity index (χ0) is 14.9. The summed E-state index contributed by atoms with van der Waals surface area (Å²) in [5.74, 6) is -0.811. The van der Waals surface area contributed by atoms with Gasteiger partial charge in [-0.1, -0.05) is 52.5 Å². The van der Waals surface area contributed by atoms with Crippen LogP contribution in [0.4, 0.5) is 5.69 Å². The largest absolute Gasteiger partial charge is 0.504 e. The molecular formula is C13H7Cl4NO2. The molecule has 0 aliphatic rings. The number of rotatable bonds is 2. The minimum atomic E-state index is -0.536. The molecule has 0 aliphatic carbocycles. The van der Waals surface area contributed by atoms with Gasteiger partial charge in [0.2, 0.25) is 0 Å². The Kier molecular flexibility index (Phi) is 4.66. The van der Waals surface area contributed by atoms with Gasteiger partial charge in [-0.2, -0.15) is 0 Å². The van der Waals surface area contributed by atoms with Crippen molar-refractivity contribution in [2.45, 2.75) is 0 Å². The number of hydrogen-bond acceptors (Lipinski definition) is 2. The van der Waals surface area contributed by atoms with Gasteiger partial charge in [-0.3, -0.25) is 4.79 Å². The molecule has 3 nitrogen and oxygen atoms in total. The molecule has 0 heterocycles. The van der Waals surface area contributed by atoms with Crippen molar-refractivity contribution < 1.29 is 9.90 Å². The first-order valence-electron chi connectivity index (χ1n) is 5.33. The number of amides is 1. The fraction of sp³-hybridized carbons (Fsp3) is 0. The van der Waals surface area contributed by atoms with Gasteiger partial charge in [0.25, 0.3) is 5.91 Å². The summed E-state index contributed by atoms with van der Waals surface area (Å²) in [5.41, 5.74) is 0.262. The van der Waals surface area contributed by atoms with Gasteiger partial charge >= 0.3 is 0 Å². The van der Waals surface area contributed by atoms with Crippen LogP contribution >= 0.6 is 46.4 Å². The molecule has 0 aliphatic heterocycles. The van der Waals surface area contributed by atoms with E-state index in [0.717, 1.165) is 0 Å². The average molecular weight is 351 g/mol. The lowest BCUT2D eigenvalue weighted by Gasteiger charge is -2.10. The maximum atomic E-state index is 12.1. The second-order valence-electron chi connectivity index (χ2n) is 3.84. The van der Waals surface area contributed by atoms with Gasteiger partial charge in [0, 0.05) is 5.02 Å². The Labute approximate surface area is 135 Å². The van der Waals surface area contributed by atoms with E-state index in [1.807, 2.05) is 0 Å². The molecule has 0 fully saturated rings. The van der Waals surface area contributed by atoms with Gasteiger partial charge in [-0.15, -0.1) is 0 Å². The van der Waals surface area contributed by atoms with Crippen molar-refractivity contribution in [2.75, 3.05) is 5.32 Å². The normalized spacial score (nSPS) is 10.4. The van der Waals surface area contributed by atoms with Gasteiger partial charge in [-0.05, 0) is 24.3 Å². The molecule has 0 bridgehead atoms. The van der Waals surface area contributed by atoms with Gasteiger partial charge in [0.1, 0.15) is 0 Å². The Morgan fingerprint density at radius 1 is 1.05 bits per heavy atom. The lowest BCUT2D eigenvalue weighted by atomic mass is 10.2. The van der Waals surface area contributed by atoms with E-state index in [0.29, 0.717) is 0 Å². The summed E-state index contributed by atoms with van der Waals surface area (Å²) >= 11 is 23.4. The number of phenols is 1. The Morgan fingerprint density at radius 3 is 2.45 bits per heavy atom. The molecule has 2 aromatic carbocycles. The van der Waals surface area contributed by atoms with Gasteiger partial charge in [-0.25, -0.2) is 0 Å². The van der Waals surface area contributed by atoms with Crippen LogP contribution in [0.25, 0.3) is 0 Å². The first-order chi connectivity index (χ1) is 9.40. The Morgan fingerprint density at radius 2 is 1.75 bits per heavy atom. The minimum Gasteiger partial charge on any atom is -0.504 e. The molecule has 2 N–H and O–H groups in total. The van der Waals surface area contributed by atoms with Crippen molar-refractivity contribution in [3.63, 3.8) is 0 Å². The highest BCUT2D eigenvalue weighted by Crippen LogP contribution is 2.35. The van der Waals surface area contributed by atoms with Gasteiger partial charge < -0.3 is 10.4 Å². The predicted octanol–water partition coefficient (Wildman–Crippen LogP) is 5.26. The summed E-state index contributed by atoms with van der Waals surface area (Å²) < 4.78 is 0. The topological polar surface area (TPSA) is 49.3 Å². The summed E-state index contributed by atoms with van der Waals surface area (Å²) in [6, 6.07) is 7.40. The van der Waals surface area contributed by atoms with E-state index in [-0.39, 0.29) is 37.1 Å². The number of benzene rings is 2. The van der Waals surface area contributed by atoms with Crippen molar-refractivity contribution in [3.05, 3.63) is 56.0 Å². The van der Waals surface area contributed by atoms with Crippen molar-refractivity contribution in [3.8, 4) is 5.75 Å². The van der Waals surface area contributed by atoms with E-state index >= 15 is 0 Å². The third-order valence-corrected chi connectivity index (χ3v) is 3.80. The molecule has 0 spiro atoms. The molecule has 7 heteroatoms. The molecule has 0 aromatic heterocycles. The van der Waals surface area contributed by atoms with Gasteiger partial charge in [0.15, 0.2) is 5.75 Å². The summed E-state index contributed by atoms with van der Waals surface area (Å²) in [6.07, 6.45) is 0. The zero-order valence-corrected chi connectivity index (χ0v) is 12.8. The molecule has 104 valence electrons. The van der Waals surface area contributed by atoms with Crippen LogP contribution in [0.15, 0.2) is 30.3 Å². The van der Waals surface area contributed by atoms with Crippen molar-refractivity contribution in [2.24, 2.45) is 0 Å². The molecule has 0 saturated carbocycles. The Balaban J connectivity index is 2.35. The highest BCUT2D eigenvalue weighted by molar-refractivity contribution is 6.44. The van der Waals surface area contributed by atoms with E-state index < -0.39 is 5.91 Å². The minimum absolute atomic E-state index is 0.0324. The number of halogens is 4. The fourth-order valence-electron chi connectivity index (χ4n) is 1.53. The maximum Gasteiger partial charge on any atom is 0.257 e. The number of phenolic OH excluding ortho intramolecular Hbond substituents is 1. The molecular weight excluding hydrogens is 344 g/mol. The number of carbonyl (C=O) groups excluding carboxylic acids is 1. The van der Waals surface area contributed by atoms with E-state index in [4.69, 9.17) is 46.4 Å². The maximum absolute atomic E-state index is 12.1. The number of nitrogens with one attached hydrogen (secondary N) is 1. The van der Waals surface area contributed by atoms with Crippen molar-refractivity contribution in [1.82, 2.24) is 0 Å². The van der Waals surface area contributed by atoms with Crippen LogP contribution in [-0.2, 0) is 0 Å². The monoisotopic (exact) mass is 349 g/mol. The van der Waals surface area contributed by atoms with Crippen LogP contribution in [0.1, 0.15) is 10.4 Å². The van der Waals surface area contributed by atoms with Crippen LogP contribution in [0, 0.1) is 0 Å². The standard InChI is InChI=1S/C13H7Cl4NO2/c14-6-4-9(16)12(19)10(5-6)18-13(20)7-2-1-3-8(15)11(7)17/h1-5,19H,(H,18,20). The van der Waals surface area contributed by atoms with Crippen LogP contribution in [-0.4, -0.2) is 11.0 Å². The number of hydrogen-bond donors (Lipinski definition) is 2. The summed E-state index contributed by atoms with van der Waals surface area (Å²) in [6.45, 7) is 0. The zero-order valence-electron chi connectivity index (χ0n) is 9.75. The first-order valence-corrected chi connectivity index (χ1v) is 6.84. The molecule has 2 rings (SSSR count). The van der Waals surface area contributed by atoms with Gasteiger partial charge in [0.05, 0.1) is 26.3 Å². The number of carbonyl (C=O) groups is 1. The first kappa shape index (κ1) is 15.3. The molecule has 0 radical (unpaired) electrons. The predicted molar refractivity (Wildman–Crippen MR) is 82.5 cm³/mol. The van der Waals surface area contributed by atoms with Crippen LogP contribution < -0.4 is 5.32 Å². The lowest BCUT2D eigenvalue weighted by molar-refractivity contribution is 0.102. The number of aromatic hydroxyl groups is 1. The van der Waals surface area contributed by atoms with Crippen LogP contribution in [0.5, 0.6) is 5.75 Å². The van der Waals surface area contributed by atoms with E-state index in [1.165, 1.54) is 18.2 Å². The molecule has 1 amide bonds. The lowest BCUT2D eigenvalue weighted by Crippen LogP contribution is -2.12. The highest BCUT2D eigenvalue weighted by atomic mass is 35.5. The average Bonchev–Trinajstić information content (AvgIpc) is 2.38. The van der Waals surface area contributed by atoms with E-state index in [1.54, 1.807) is 12.1 Å². The molecule has 0 atom stereocenters. The quantitative estimate of drug-likeness (QED) is 0.726. The Bertz CT molecular complexity index is 688. The second-order valence-corrected chi connectivity index (χ2v) is 5.47. The molecule has 0 saturated heterocycles. The Hall–Kier alpha value is -1.13. The molecule has 2 aromatic rings. The number of anilines is 1. The fourth-order valence-corrected chi connectivity index (χ4v) is 2.41. The molecule has 0 unspecified atom stereocenters. The highest BCUT2D eigenvalue weighted by Gasteiger charge is 2.16. The van der Waals surface area contributed by atoms with Crippen molar-refractivity contribution >= 4 is 58.0 Å². The van der Waals surface area contributed by atoms with Crippen LogP contribution in [0.3, 0.4) is 0 Å². The second kappa shape index (κ2) is 6.10. The van der Waals surface area contributed by atoms with Crippen LogP contribution in [0.2, 0.25) is 20.1 Å². The smallest absolute Gasteiger partial charge is 0.257 e. The third-order valence-electron chi connectivity index (χ3n) is 2.47. The SMILES string of the molecule is O=C(Nc1cc(Cl)cc(Cl)c1O)c1cccc(Cl)c1Cl. The van der Waals surface area contributed by atoms with E-state index in [9.17, 15) is 9.90 Å². The molecule has 20 heavy (non-hydrogen) atoms. The van der Waals surface area contributed by atoms with Crippen molar-refractivity contribution in [1.29, 1.82) is 0 Å². The summed E-state index contributed by atoms with van der Waals surface area (Å²) in [5, 5.41) is 12.9.